The maximum absolute atomic E-state index is 3.86. The van der Waals surface area contributed by atoms with E-state index < -0.39 is 0 Å². The van der Waals surface area contributed by atoms with Crippen molar-refractivity contribution >= 4 is 15.9 Å². The minimum absolute atomic E-state index is 0.280. The van der Waals surface area contributed by atoms with Gasteiger partial charge in [0, 0.05) is 0 Å². The molecule has 0 radical (unpaired) electrons. The fraction of sp³-hybridized carbons (Fsp3) is 0.368. The van der Waals surface area contributed by atoms with Crippen molar-refractivity contribution in [2.45, 2.75) is 44.9 Å². The fourth-order valence-electron chi connectivity index (χ4n) is 2.46. The molecule has 0 aromatic heterocycles. The molecule has 0 aliphatic rings. The third kappa shape index (κ3) is 3.52. The predicted octanol–water partition coefficient (Wildman–Crippen LogP) is 6.13. The molecular weight excluding hydrogens is 308 g/mol. The zero-order chi connectivity index (χ0) is 14.5. The van der Waals surface area contributed by atoms with Crippen LogP contribution in [0, 0.1) is 13.8 Å². The van der Waals surface area contributed by atoms with Crippen LogP contribution in [0.15, 0.2) is 42.5 Å². The lowest BCUT2D eigenvalue weighted by atomic mass is 9.96. The number of alkyl halides is 1. The van der Waals surface area contributed by atoms with Gasteiger partial charge in [-0.25, -0.2) is 0 Å². The maximum Gasteiger partial charge on any atom is 0.0647 e. The lowest BCUT2D eigenvalue weighted by Crippen LogP contribution is -1.98. The molecule has 0 fully saturated rings. The van der Waals surface area contributed by atoms with Gasteiger partial charge < -0.3 is 0 Å². The Morgan fingerprint density at radius 2 is 1.70 bits per heavy atom. The molecule has 2 aromatic rings. The van der Waals surface area contributed by atoms with Crippen molar-refractivity contribution < 1.29 is 0 Å². The van der Waals surface area contributed by atoms with E-state index in [1.54, 1.807) is 0 Å². The molecule has 0 saturated carbocycles. The number of unbranched alkanes of at least 4 members (excludes halogenated alkanes) is 1. The molecule has 0 N–H and O–H groups in total. The fourth-order valence-corrected chi connectivity index (χ4v) is 3.26. The van der Waals surface area contributed by atoms with Crippen LogP contribution in [0.4, 0.5) is 0 Å². The second-order valence-corrected chi connectivity index (χ2v) is 6.41. The summed E-state index contributed by atoms with van der Waals surface area (Å²) < 4.78 is 0. The lowest BCUT2D eigenvalue weighted by molar-refractivity contribution is 0.795. The van der Waals surface area contributed by atoms with Gasteiger partial charge in [-0.1, -0.05) is 71.7 Å². The van der Waals surface area contributed by atoms with E-state index in [4.69, 9.17) is 0 Å². The molecular formula is C19H23Br. The summed E-state index contributed by atoms with van der Waals surface area (Å²) >= 11 is 3.86. The highest BCUT2D eigenvalue weighted by Crippen LogP contribution is 2.33. The largest absolute Gasteiger partial charge is 0.0786 e. The van der Waals surface area contributed by atoms with Gasteiger partial charge in [0.1, 0.15) is 0 Å². The van der Waals surface area contributed by atoms with Crippen molar-refractivity contribution in [2.24, 2.45) is 0 Å². The summed E-state index contributed by atoms with van der Waals surface area (Å²) in [5.74, 6) is 0. The molecule has 1 heteroatoms. The summed E-state index contributed by atoms with van der Waals surface area (Å²) in [6, 6.07) is 15.6. The van der Waals surface area contributed by atoms with Gasteiger partial charge in [-0.15, -0.1) is 0 Å². The van der Waals surface area contributed by atoms with Gasteiger partial charge in [-0.2, -0.15) is 0 Å². The first-order valence-electron chi connectivity index (χ1n) is 7.42. The Labute approximate surface area is 131 Å². The summed E-state index contributed by atoms with van der Waals surface area (Å²) in [5, 5.41) is 0. The predicted molar refractivity (Wildman–Crippen MR) is 91.7 cm³/mol. The van der Waals surface area contributed by atoms with Gasteiger partial charge in [0.15, 0.2) is 0 Å². The molecule has 0 heterocycles. The molecule has 0 amide bonds. The second-order valence-electron chi connectivity index (χ2n) is 5.50. The maximum atomic E-state index is 3.86. The SMILES string of the molecule is CCCCc1ccc(C(Br)c2cccc(C)c2C)cc1. The Bertz CT molecular complexity index is 554. The Morgan fingerprint density at radius 1 is 1.00 bits per heavy atom. The van der Waals surface area contributed by atoms with Crippen LogP contribution in [0.2, 0.25) is 0 Å². The lowest BCUT2D eigenvalue weighted by Gasteiger charge is -2.15. The van der Waals surface area contributed by atoms with Crippen molar-refractivity contribution in [1.29, 1.82) is 0 Å². The van der Waals surface area contributed by atoms with E-state index in [-0.39, 0.29) is 4.83 Å². The Balaban J connectivity index is 2.20. The Hall–Kier alpha value is -1.08. The van der Waals surface area contributed by atoms with E-state index in [1.165, 1.54) is 47.1 Å². The van der Waals surface area contributed by atoms with Gasteiger partial charge in [0.25, 0.3) is 0 Å². The molecule has 0 bridgehead atoms. The van der Waals surface area contributed by atoms with Crippen LogP contribution in [0.5, 0.6) is 0 Å². The smallest absolute Gasteiger partial charge is 0.0647 e. The van der Waals surface area contributed by atoms with Crippen LogP contribution < -0.4 is 0 Å². The number of rotatable bonds is 5. The first-order valence-corrected chi connectivity index (χ1v) is 8.34. The average molecular weight is 331 g/mol. The van der Waals surface area contributed by atoms with Crippen LogP contribution in [0.3, 0.4) is 0 Å². The zero-order valence-electron chi connectivity index (χ0n) is 12.6. The van der Waals surface area contributed by atoms with Crippen LogP contribution in [-0.4, -0.2) is 0 Å². The van der Waals surface area contributed by atoms with Gasteiger partial charge in [-0.3, -0.25) is 0 Å². The van der Waals surface area contributed by atoms with Gasteiger partial charge in [-0.05, 0) is 54.5 Å². The highest BCUT2D eigenvalue weighted by molar-refractivity contribution is 9.09. The van der Waals surface area contributed by atoms with Gasteiger partial charge in [0.05, 0.1) is 4.83 Å². The molecule has 0 aliphatic heterocycles. The monoisotopic (exact) mass is 330 g/mol. The number of aryl methyl sites for hydroxylation is 2. The number of benzene rings is 2. The van der Waals surface area contributed by atoms with Crippen molar-refractivity contribution in [3.05, 3.63) is 70.3 Å². The minimum Gasteiger partial charge on any atom is -0.0786 e. The molecule has 1 unspecified atom stereocenters. The van der Waals surface area contributed by atoms with E-state index >= 15 is 0 Å². The quantitative estimate of drug-likeness (QED) is 0.578. The summed E-state index contributed by atoms with van der Waals surface area (Å²) in [5.41, 5.74) is 6.87. The van der Waals surface area contributed by atoms with Crippen molar-refractivity contribution in [3.63, 3.8) is 0 Å². The van der Waals surface area contributed by atoms with Crippen LogP contribution in [0.25, 0.3) is 0 Å². The molecule has 2 aromatic carbocycles. The summed E-state index contributed by atoms with van der Waals surface area (Å²) in [6.07, 6.45) is 3.71. The summed E-state index contributed by atoms with van der Waals surface area (Å²) in [4.78, 5) is 0.280. The van der Waals surface area contributed by atoms with E-state index in [0.29, 0.717) is 0 Å². The third-order valence-electron chi connectivity index (χ3n) is 4.01. The van der Waals surface area contributed by atoms with Gasteiger partial charge in [0.2, 0.25) is 0 Å². The van der Waals surface area contributed by atoms with E-state index in [2.05, 4.69) is 79.2 Å². The summed E-state index contributed by atoms with van der Waals surface area (Å²) in [6.45, 7) is 6.62. The average Bonchev–Trinajstić information content (AvgIpc) is 2.48. The van der Waals surface area contributed by atoms with Gasteiger partial charge >= 0.3 is 0 Å². The van der Waals surface area contributed by atoms with E-state index in [0.717, 1.165) is 0 Å². The standard InChI is InChI=1S/C19H23Br/c1-4-5-8-16-10-12-17(13-11-16)19(20)18-9-6-7-14(2)15(18)3/h6-7,9-13,19H,4-5,8H2,1-3H3. The minimum atomic E-state index is 0.280. The van der Waals surface area contributed by atoms with E-state index in [9.17, 15) is 0 Å². The highest BCUT2D eigenvalue weighted by atomic mass is 79.9. The highest BCUT2D eigenvalue weighted by Gasteiger charge is 2.13. The molecule has 0 aliphatic carbocycles. The third-order valence-corrected chi connectivity index (χ3v) is 5.03. The molecule has 20 heavy (non-hydrogen) atoms. The first kappa shape index (κ1) is 15.3. The van der Waals surface area contributed by atoms with Crippen molar-refractivity contribution in [3.8, 4) is 0 Å². The van der Waals surface area contributed by atoms with Crippen molar-refractivity contribution in [2.75, 3.05) is 0 Å². The molecule has 0 spiro atoms. The number of halogens is 1. The zero-order valence-corrected chi connectivity index (χ0v) is 14.2. The Kier molecular flexibility index (Phi) is 5.42. The molecule has 2 rings (SSSR count). The normalized spacial score (nSPS) is 12.4. The Morgan fingerprint density at radius 3 is 2.35 bits per heavy atom. The molecule has 106 valence electrons. The molecule has 0 saturated heterocycles. The van der Waals surface area contributed by atoms with Crippen molar-refractivity contribution in [1.82, 2.24) is 0 Å². The molecule has 1 atom stereocenters. The van der Waals surface area contributed by atoms with Crippen LogP contribution in [-0.2, 0) is 6.42 Å². The number of hydrogen-bond acceptors (Lipinski definition) is 0. The summed E-state index contributed by atoms with van der Waals surface area (Å²) in [7, 11) is 0. The van der Waals surface area contributed by atoms with Crippen LogP contribution >= 0.6 is 15.9 Å². The number of hydrogen-bond donors (Lipinski definition) is 0. The topological polar surface area (TPSA) is 0 Å². The first-order chi connectivity index (χ1) is 9.63. The second kappa shape index (κ2) is 7.08. The molecule has 0 nitrogen and oxygen atoms in total. The van der Waals surface area contributed by atoms with E-state index in [1.807, 2.05) is 0 Å². The van der Waals surface area contributed by atoms with Crippen LogP contribution in [0.1, 0.15) is 52.4 Å².